The minimum absolute atomic E-state index is 0.0810. The minimum atomic E-state index is -0.711. The fourth-order valence-corrected chi connectivity index (χ4v) is 5.06. The van der Waals surface area contributed by atoms with Gasteiger partial charge in [-0.3, -0.25) is 0 Å². The summed E-state index contributed by atoms with van der Waals surface area (Å²) in [6, 6.07) is 4.94. The number of aryl methyl sites for hydroxylation is 1. The third-order valence-corrected chi connectivity index (χ3v) is 6.88. The first-order valence-electron chi connectivity index (χ1n) is 6.20. The lowest BCUT2D eigenvalue weighted by atomic mass is 10.0. The van der Waals surface area contributed by atoms with E-state index >= 15 is 0 Å². The number of hydrogen-bond donors (Lipinski definition) is 1. The zero-order chi connectivity index (χ0) is 13.3. The van der Waals surface area contributed by atoms with Gasteiger partial charge in [-0.2, -0.15) is 23.5 Å². The molecule has 0 bridgehead atoms. The Labute approximate surface area is 117 Å². The molecule has 1 heterocycles. The highest BCUT2D eigenvalue weighted by atomic mass is 32.2. The van der Waals surface area contributed by atoms with Crippen molar-refractivity contribution in [3.05, 3.63) is 35.1 Å². The van der Waals surface area contributed by atoms with Crippen LogP contribution in [-0.4, -0.2) is 26.6 Å². The van der Waals surface area contributed by atoms with Crippen LogP contribution in [0, 0.1) is 12.7 Å². The Morgan fingerprint density at radius 1 is 1.33 bits per heavy atom. The van der Waals surface area contributed by atoms with Crippen molar-refractivity contribution in [2.75, 3.05) is 5.75 Å². The van der Waals surface area contributed by atoms with Crippen molar-refractivity contribution in [1.29, 1.82) is 0 Å². The van der Waals surface area contributed by atoms with Gasteiger partial charge in [-0.15, -0.1) is 0 Å². The van der Waals surface area contributed by atoms with Crippen molar-refractivity contribution in [3.63, 3.8) is 0 Å². The van der Waals surface area contributed by atoms with Gasteiger partial charge in [-0.05, 0) is 13.0 Å². The first-order valence-corrected chi connectivity index (χ1v) is 8.19. The van der Waals surface area contributed by atoms with E-state index in [-0.39, 0.29) is 11.1 Å². The van der Waals surface area contributed by atoms with Gasteiger partial charge in [-0.25, -0.2) is 4.39 Å². The number of rotatable bonds is 2. The summed E-state index contributed by atoms with van der Waals surface area (Å²) in [7, 11) is 0. The van der Waals surface area contributed by atoms with Crippen LogP contribution in [0.25, 0.3) is 0 Å². The molecule has 1 N–H and O–H groups in total. The van der Waals surface area contributed by atoms with Gasteiger partial charge in [0.05, 0.1) is 6.10 Å². The van der Waals surface area contributed by atoms with Crippen LogP contribution in [0.4, 0.5) is 4.39 Å². The molecule has 1 aliphatic heterocycles. The predicted octanol–water partition coefficient (Wildman–Crippen LogP) is 3.79. The highest BCUT2D eigenvalue weighted by Crippen LogP contribution is 2.41. The van der Waals surface area contributed by atoms with Crippen LogP contribution in [0.5, 0.6) is 0 Å². The number of hydrogen-bond acceptors (Lipinski definition) is 3. The van der Waals surface area contributed by atoms with Crippen LogP contribution in [0.15, 0.2) is 18.2 Å². The molecule has 1 saturated heterocycles. The summed E-state index contributed by atoms with van der Waals surface area (Å²) < 4.78 is 13.8. The molecule has 4 unspecified atom stereocenters. The fourth-order valence-electron chi connectivity index (χ4n) is 2.06. The zero-order valence-electron chi connectivity index (χ0n) is 10.9. The third-order valence-electron chi connectivity index (χ3n) is 3.40. The molecule has 2 rings (SSSR count). The smallest absolute Gasteiger partial charge is 0.129 e. The summed E-state index contributed by atoms with van der Waals surface area (Å²) in [5.41, 5.74) is 1.43. The standard InChI is InChI=1S/C14H19FOS2/c1-8-4-5-12(15)11(6-8)14(16)13-7-17-9(2)10(3)18-13/h4-6,9-10,13-14,16H,7H2,1-3H3. The van der Waals surface area contributed by atoms with Crippen molar-refractivity contribution < 1.29 is 9.50 Å². The first kappa shape index (κ1) is 14.2. The first-order chi connectivity index (χ1) is 8.49. The molecule has 100 valence electrons. The van der Waals surface area contributed by atoms with Gasteiger partial charge in [-0.1, -0.05) is 31.5 Å². The molecule has 0 aliphatic carbocycles. The second-order valence-electron chi connectivity index (χ2n) is 4.89. The maximum absolute atomic E-state index is 13.8. The molecule has 18 heavy (non-hydrogen) atoms. The van der Waals surface area contributed by atoms with E-state index in [1.807, 2.05) is 18.7 Å². The molecule has 4 heteroatoms. The van der Waals surface area contributed by atoms with E-state index in [1.54, 1.807) is 23.9 Å². The molecule has 0 aromatic heterocycles. The molecule has 1 fully saturated rings. The Balaban J connectivity index is 2.16. The molecule has 4 atom stereocenters. The van der Waals surface area contributed by atoms with Gasteiger partial charge >= 0.3 is 0 Å². The van der Waals surface area contributed by atoms with Crippen molar-refractivity contribution in [1.82, 2.24) is 0 Å². The quantitative estimate of drug-likeness (QED) is 0.893. The summed E-state index contributed by atoms with van der Waals surface area (Å²) in [5, 5.41) is 11.6. The molecule has 0 radical (unpaired) electrons. The van der Waals surface area contributed by atoms with Crippen molar-refractivity contribution in [3.8, 4) is 0 Å². The van der Waals surface area contributed by atoms with E-state index in [4.69, 9.17) is 0 Å². The Bertz CT molecular complexity index is 424. The second-order valence-corrected chi connectivity index (χ2v) is 7.92. The number of aliphatic hydroxyl groups excluding tert-OH is 1. The average molecular weight is 286 g/mol. The highest BCUT2D eigenvalue weighted by Gasteiger charge is 2.32. The van der Waals surface area contributed by atoms with Crippen LogP contribution in [0.3, 0.4) is 0 Å². The highest BCUT2D eigenvalue weighted by molar-refractivity contribution is 8.07. The summed E-state index contributed by atoms with van der Waals surface area (Å²) in [4.78, 5) is 0. The molecule has 0 saturated carbocycles. The van der Waals surface area contributed by atoms with Gasteiger partial charge in [0.2, 0.25) is 0 Å². The van der Waals surface area contributed by atoms with Crippen LogP contribution in [0.1, 0.15) is 31.1 Å². The van der Waals surface area contributed by atoms with Crippen LogP contribution in [0.2, 0.25) is 0 Å². The van der Waals surface area contributed by atoms with E-state index in [9.17, 15) is 9.50 Å². The Morgan fingerprint density at radius 2 is 2.06 bits per heavy atom. The van der Waals surface area contributed by atoms with Gasteiger partial charge in [0.15, 0.2) is 0 Å². The third kappa shape index (κ3) is 3.03. The van der Waals surface area contributed by atoms with Crippen molar-refractivity contribution >= 4 is 23.5 Å². The average Bonchev–Trinajstić information content (AvgIpc) is 2.35. The van der Waals surface area contributed by atoms with Crippen molar-refractivity contribution in [2.45, 2.75) is 42.6 Å². The monoisotopic (exact) mass is 286 g/mol. The maximum Gasteiger partial charge on any atom is 0.129 e. The van der Waals surface area contributed by atoms with Crippen LogP contribution >= 0.6 is 23.5 Å². The van der Waals surface area contributed by atoms with Crippen molar-refractivity contribution in [2.24, 2.45) is 0 Å². The van der Waals surface area contributed by atoms with Gasteiger partial charge in [0.1, 0.15) is 5.82 Å². The van der Waals surface area contributed by atoms with Crippen LogP contribution in [-0.2, 0) is 0 Å². The lowest BCUT2D eigenvalue weighted by Gasteiger charge is -2.34. The maximum atomic E-state index is 13.8. The number of aliphatic hydroxyl groups is 1. The molecular weight excluding hydrogens is 267 g/mol. The summed E-state index contributed by atoms with van der Waals surface area (Å²) in [6.07, 6.45) is -0.711. The Kier molecular flexibility index (Phi) is 4.62. The van der Waals surface area contributed by atoms with Gasteiger partial charge < -0.3 is 5.11 Å². The molecule has 1 nitrogen and oxygen atoms in total. The van der Waals surface area contributed by atoms with E-state index in [0.717, 1.165) is 11.3 Å². The minimum Gasteiger partial charge on any atom is -0.387 e. The summed E-state index contributed by atoms with van der Waals surface area (Å²) in [6.45, 7) is 6.30. The molecule has 0 spiro atoms. The molecule has 1 aromatic rings. The SMILES string of the molecule is Cc1ccc(F)c(C(O)C2CSC(C)C(C)S2)c1. The lowest BCUT2D eigenvalue weighted by Crippen LogP contribution is -2.30. The molecular formula is C14H19FOS2. The lowest BCUT2D eigenvalue weighted by molar-refractivity contribution is 0.175. The normalized spacial score (nSPS) is 30.2. The summed E-state index contributed by atoms with van der Waals surface area (Å²) in [5.74, 6) is 0.579. The van der Waals surface area contributed by atoms with E-state index in [1.165, 1.54) is 6.07 Å². The van der Waals surface area contributed by atoms with Crippen LogP contribution < -0.4 is 0 Å². The molecule has 1 aromatic carbocycles. The zero-order valence-corrected chi connectivity index (χ0v) is 12.5. The number of benzene rings is 1. The Morgan fingerprint density at radius 3 is 2.72 bits per heavy atom. The van der Waals surface area contributed by atoms with Gasteiger partial charge in [0.25, 0.3) is 0 Å². The molecule has 1 aliphatic rings. The molecule has 0 amide bonds. The number of halogens is 1. The number of thioether (sulfide) groups is 2. The largest absolute Gasteiger partial charge is 0.387 e. The van der Waals surface area contributed by atoms with E-state index < -0.39 is 6.10 Å². The predicted molar refractivity (Wildman–Crippen MR) is 78.9 cm³/mol. The van der Waals surface area contributed by atoms with E-state index in [2.05, 4.69) is 13.8 Å². The summed E-state index contributed by atoms with van der Waals surface area (Å²) >= 11 is 3.64. The topological polar surface area (TPSA) is 20.2 Å². The van der Waals surface area contributed by atoms with E-state index in [0.29, 0.717) is 16.1 Å². The van der Waals surface area contributed by atoms with Gasteiger partial charge in [0, 0.05) is 27.1 Å². The Hall–Kier alpha value is -0.190. The fraction of sp³-hybridized carbons (Fsp3) is 0.571. The second kappa shape index (κ2) is 5.85.